The normalized spacial score (nSPS) is 10.1. The molecule has 6 heteroatoms. The number of nitriles is 1. The van der Waals surface area contributed by atoms with Crippen LogP contribution in [0.2, 0.25) is 0 Å². The van der Waals surface area contributed by atoms with Crippen LogP contribution >= 0.6 is 0 Å². The maximum absolute atomic E-state index is 12.1. The van der Waals surface area contributed by atoms with Gasteiger partial charge in [0.05, 0.1) is 11.6 Å². The fourth-order valence-electron chi connectivity index (χ4n) is 2.31. The van der Waals surface area contributed by atoms with Gasteiger partial charge in [0, 0.05) is 37.2 Å². The molecule has 1 amide bonds. The number of carbonyl (C=O) groups excluding carboxylic acids is 1. The van der Waals surface area contributed by atoms with E-state index in [-0.39, 0.29) is 5.91 Å². The lowest BCUT2D eigenvalue weighted by atomic mass is 10.1. The Kier molecular flexibility index (Phi) is 4.63. The highest BCUT2D eigenvalue weighted by Crippen LogP contribution is 2.13. The molecule has 118 valence electrons. The molecular weight excluding hydrogens is 302 g/mol. The lowest BCUT2D eigenvalue weighted by Gasteiger charge is -2.09. The molecule has 0 aliphatic rings. The Morgan fingerprint density at radius 2 is 1.96 bits per heavy atom. The minimum absolute atomic E-state index is 0.168. The number of rotatable bonds is 5. The summed E-state index contributed by atoms with van der Waals surface area (Å²) in [5.74, 6) is 0.599. The highest BCUT2D eigenvalue weighted by atomic mass is 16.1. The standard InChI is InChI=1S/C18H15N5O/c19-13-14-4-6-15(7-5-14)18(24)22-10-12-23-11-9-21-17(23)16-3-1-2-8-20-16/h1-9,11H,10,12H2,(H,22,24). The summed E-state index contributed by atoms with van der Waals surface area (Å²) in [7, 11) is 0. The molecule has 0 bridgehead atoms. The largest absolute Gasteiger partial charge is 0.350 e. The Balaban J connectivity index is 1.60. The highest BCUT2D eigenvalue weighted by molar-refractivity contribution is 5.94. The first-order chi connectivity index (χ1) is 11.8. The number of hydrogen-bond acceptors (Lipinski definition) is 4. The van der Waals surface area contributed by atoms with Crippen molar-refractivity contribution in [2.24, 2.45) is 0 Å². The van der Waals surface area contributed by atoms with Crippen molar-refractivity contribution in [1.29, 1.82) is 5.26 Å². The number of hydrogen-bond donors (Lipinski definition) is 1. The van der Waals surface area contributed by atoms with E-state index < -0.39 is 0 Å². The van der Waals surface area contributed by atoms with Gasteiger partial charge in [0.1, 0.15) is 5.69 Å². The van der Waals surface area contributed by atoms with Gasteiger partial charge in [-0.1, -0.05) is 6.07 Å². The van der Waals surface area contributed by atoms with Crippen LogP contribution in [0.5, 0.6) is 0 Å². The van der Waals surface area contributed by atoms with Crippen LogP contribution in [0.3, 0.4) is 0 Å². The third kappa shape index (κ3) is 3.47. The van der Waals surface area contributed by atoms with Crippen molar-refractivity contribution in [1.82, 2.24) is 19.9 Å². The van der Waals surface area contributed by atoms with Crippen LogP contribution in [-0.4, -0.2) is 27.0 Å². The molecule has 24 heavy (non-hydrogen) atoms. The molecule has 0 aliphatic heterocycles. The van der Waals surface area contributed by atoms with Crippen molar-refractivity contribution < 1.29 is 4.79 Å². The molecular formula is C18H15N5O. The van der Waals surface area contributed by atoms with Gasteiger partial charge in [-0.2, -0.15) is 5.26 Å². The smallest absolute Gasteiger partial charge is 0.251 e. The first-order valence-electron chi connectivity index (χ1n) is 7.49. The van der Waals surface area contributed by atoms with E-state index in [1.54, 1.807) is 36.7 Å². The Morgan fingerprint density at radius 1 is 1.12 bits per heavy atom. The second kappa shape index (κ2) is 7.20. The van der Waals surface area contributed by atoms with Gasteiger partial charge in [-0.05, 0) is 36.4 Å². The molecule has 0 radical (unpaired) electrons. The highest BCUT2D eigenvalue weighted by Gasteiger charge is 2.08. The van der Waals surface area contributed by atoms with Gasteiger partial charge in [-0.15, -0.1) is 0 Å². The molecule has 0 unspecified atom stereocenters. The second-order valence-electron chi connectivity index (χ2n) is 5.10. The van der Waals surface area contributed by atoms with Gasteiger partial charge >= 0.3 is 0 Å². The van der Waals surface area contributed by atoms with Gasteiger partial charge < -0.3 is 9.88 Å². The summed E-state index contributed by atoms with van der Waals surface area (Å²) in [6.45, 7) is 1.06. The fraction of sp³-hybridized carbons (Fsp3) is 0.111. The van der Waals surface area contributed by atoms with Crippen molar-refractivity contribution in [2.75, 3.05) is 6.54 Å². The van der Waals surface area contributed by atoms with E-state index in [1.807, 2.05) is 35.0 Å². The number of aromatic nitrogens is 3. The molecule has 1 N–H and O–H groups in total. The molecule has 2 heterocycles. The SMILES string of the molecule is N#Cc1ccc(C(=O)NCCn2ccnc2-c2ccccn2)cc1. The summed E-state index contributed by atoms with van der Waals surface area (Å²) >= 11 is 0. The number of pyridine rings is 1. The average Bonchev–Trinajstić information content (AvgIpc) is 3.11. The van der Waals surface area contributed by atoms with E-state index >= 15 is 0 Å². The maximum Gasteiger partial charge on any atom is 0.251 e. The summed E-state index contributed by atoms with van der Waals surface area (Å²) < 4.78 is 1.95. The topological polar surface area (TPSA) is 83.6 Å². The zero-order chi connectivity index (χ0) is 16.8. The summed E-state index contributed by atoms with van der Waals surface area (Å²) in [5, 5.41) is 11.6. The predicted molar refractivity (Wildman–Crippen MR) is 88.9 cm³/mol. The van der Waals surface area contributed by atoms with Crippen LogP contribution in [0.15, 0.2) is 61.1 Å². The molecule has 3 rings (SSSR count). The Labute approximate surface area is 139 Å². The third-order valence-electron chi connectivity index (χ3n) is 3.52. The average molecular weight is 317 g/mol. The van der Waals surface area contributed by atoms with E-state index in [4.69, 9.17) is 5.26 Å². The van der Waals surface area contributed by atoms with Gasteiger partial charge in [0.2, 0.25) is 0 Å². The first-order valence-corrected chi connectivity index (χ1v) is 7.49. The van der Waals surface area contributed by atoms with Crippen molar-refractivity contribution in [3.8, 4) is 17.6 Å². The zero-order valence-corrected chi connectivity index (χ0v) is 12.9. The van der Waals surface area contributed by atoms with E-state index in [0.29, 0.717) is 24.2 Å². The Bertz CT molecular complexity index is 862. The van der Waals surface area contributed by atoms with Crippen LogP contribution in [0.1, 0.15) is 15.9 Å². The van der Waals surface area contributed by atoms with E-state index in [1.165, 1.54) is 0 Å². The first kappa shape index (κ1) is 15.4. The van der Waals surface area contributed by atoms with Gasteiger partial charge in [0.15, 0.2) is 5.82 Å². The van der Waals surface area contributed by atoms with E-state index in [2.05, 4.69) is 15.3 Å². The van der Waals surface area contributed by atoms with Crippen molar-refractivity contribution in [3.05, 3.63) is 72.2 Å². The molecule has 0 saturated carbocycles. The second-order valence-corrected chi connectivity index (χ2v) is 5.10. The predicted octanol–water partition coefficient (Wildman–Crippen LogP) is 2.25. The van der Waals surface area contributed by atoms with Crippen molar-refractivity contribution in [3.63, 3.8) is 0 Å². The zero-order valence-electron chi connectivity index (χ0n) is 12.9. The van der Waals surface area contributed by atoms with Crippen LogP contribution < -0.4 is 5.32 Å². The summed E-state index contributed by atoms with van der Waals surface area (Å²) in [6, 6.07) is 14.2. The number of carbonyl (C=O) groups is 1. The third-order valence-corrected chi connectivity index (χ3v) is 3.52. The van der Waals surface area contributed by atoms with Crippen LogP contribution in [0.25, 0.3) is 11.5 Å². The van der Waals surface area contributed by atoms with Crippen LogP contribution in [0.4, 0.5) is 0 Å². The number of imidazole rings is 1. The minimum Gasteiger partial charge on any atom is -0.350 e. The van der Waals surface area contributed by atoms with Gasteiger partial charge in [-0.25, -0.2) is 4.98 Å². The van der Waals surface area contributed by atoms with Gasteiger partial charge in [-0.3, -0.25) is 9.78 Å². The lowest BCUT2D eigenvalue weighted by molar-refractivity contribution is 0.0952. The monoisotopic (exact) mass is 317 g/mol. The molecule has 0 aliphatic carbocycles. The summed E-state index contributed by atoms with van der Waals surface area (Å²) in [5.41, 5.74) is 1.86. The van der Waals surface area contributed by atoms with E-state index in [0.717, 1.165) is 11.5 Å². The van der Waals surface area contributed by atoms with Crippen molar-refractivity contribution in [2.45, 2.75) is 6.54 Å². The lowest BCUT2D eigenvalue weighted by Crippen LogP contribution is -2.27. The Hall–Kier alpha value is -3.46. The number of nitrogens with zero attached hydrogens (tertiary/aromatic N) is 4. The van der Waals surface area contributed by atoms with Gasteiger partial charge in [0.25, 0.3) is 5.91 Å². The molecule has 1 aromatic carbocycles. The molecule has 6 nitrogen and oxygen atoms in total. The van der Waals surface area contributed by atoms with Crippen molar-refractivity contribution >= 4 is 5.91 Å². The molecule has 0 atom stereocenters. The molecule has 2 aromatic heterocycles. The van der Waals surface area contributed by atoms with Crippen LogP contribution in [-0.2, 0) is 6.54 Å². The van der Waals surface area contributed by atoms with E-state index in [9.17, 15) is 4.79 Å². The molecule has 0 fully saturated rings. The molecule has 0 spiro atoms. The maximum atomic E-state index is 12.1. The fourth-order valence-corrected chi connectivity index (χ4v) is 2.31. The molecule has 3 aromatic rings. The quantitative estimate of drug-likeness (QED) is 0.782. The number of amides is 1. The minimum atomic E-state index is -0.168. The number of benzene rings is 1. The summed E-state index contributed by atoms with van der Waals surface area (Å²) in [6.07, 6.45) is 5.30. The number of nitrogens with one attached hydrogen (secondary N) is 1. The molecule has 0 saturated heterocycles. The van der Waals surface area contributed by atoms with Crippen LogP contribution in [0, 0.1) is 11.3 Å². The summed E-state index contributed by atoms with van der Waals surface area (Å²) in [4.78, 5) is 20.7. The Morgan fingerprint density at radius 3 is 2.67 bits per heavy atom.